The van der Waals surface area contributed by atoms with E-state index in [1.54, 1.807) is 0 Å². The van der Waals surface area contributed by atoms with Gasteiger partial charge < -0.3 is 4.42 Å². The van der Waals surface area contributed by atoms with Crippen molar-refractivity contribution >= 4 is 11.1 Å². The summed E-state index contributed by atoms with van der Waals surface area (Å²) in [6.07, 6.45) is 0.837. The predicted molar refractivity (Wildman–Crippen MR) is 40.2 cm³/mol. The Morgan fingerprint density at radius 3 is 2.85 bits per heavy atom. The molecule has 0 spiro atoms. The molecule has 5 heteroatoms. The standard InChI is InChI=1S/C8H3F2NO2/c9-4-1-5(10)8-6(2-4)13-7(12)3-11-8/h1-3H. The van der Waals surface area contributed by atoms with Crippen molar-refractivity contribution in [1.82, 2.24) is 4.98 Å². The van der Waals surface area contributed by atoms with E-state index in [1.807, 2.05) is 0 Å². The first-order chi connectivity index (χ1) is 6.16. The van der Waals surface area contributed by atoms with Crippen LogP contribution < -0.4 is 5.63 Å². The number of benzene rings is 1. The van der Waals surface area contributed by atoms with E-state index in [9.17, 15) is 13.6 Å². The van der Waals surface area contributed by atoms with Crippen LogP contribution in [0.25, 0.3) is 11.1 Å². The minimum atomic E-state index is -0.848. The summed E-state index contributed by atoms with van der Waals surface area (Å²) in [6, 6.07) is 1.59. The highest BCUT2D eigenvalue weighted by atomic mass is 19.1. The molecule has 0 amide bonds. The third kappa shape index (κ3) is 1.28. The van der Waals surface area contributed by atoms with Crippen LogP contribution in [-0.2, 0) is 0 Å². The Balaban J connectivity index is 2.94. The van der Waals surface area contributed by atoms with Gasteiger partial charge in [-0.05, 0) is 0 Å². The van der Waals surface area contributed by atoms with E-state index in [2.05, 4.69) is 9.40 Å². The van der Waals surface area contributed by atoms with Gasteiger partial charge in [0, 0.05) is 12.1 Å². The molecule has 0 saturated heterocycles. The van der Waals surface area contributed by atoms with Crippen LogP contribution in [0.1, 0.15) is 0 Å². The van der Waals surface area contributed by atoms with Gasteiger partial charge in [-0.3, -0.25) is 0 Å². The summed E-state index contributed by atoms with van der Waals surface area (Å²) in [5.41, 5.74) is -1.08. The fourth-order valence-electron chi connectivity index (χ4n) is 0.997. The lowest BCUT2D eigenvalue weighted by Gasteiger charge is -1.95. The third-order valence-electron chi connectivity index (χ3n) is 1.50. The van der Waals surface area contributed by atoms with Crippen molar-refractivity contribution in [2.75, 3.05) is 0 Å². The molecule has 1 aromatic carbocycles. The van der Waals surface area contributed by atoms with E-state index in [4.69, 9.17) is 0 Å². The van der Waals surface area contributed by atoms with E-state index in [0.717, 1.165) is 12.3 Å². The summed E-state index contributed by atoms with van der Waals surface area (Å²) in [5.74, 6) is -1.65. The van der Waals surface area contributed by atoms with Gasteiger partial charge in [-0.2, -0.15) is 0 Å². The largest absolute Gasteiger partial charge is 0.420 e. The molecule has 0 N–H and O–H groups in total. The number of fused-ring (bicyclic) bond motifs is 1. The predicted octanol–water partition coefficient (Wildman–Crippen LogP) is 1.47. The topological polar surface area (TPSA) is 43.1 Å². The maximum absolute atomic E-state index is 12.9. The molecular formula is C8H3F2NO2. The van der Waals surface area contributed by atoms with Crippen molar-refractivity contribution in [2.45, 2.75) is 0 Å². The molecule has 1 aromatic heterocycles. The molecular weight excluding hydrogens is 180 g/mol. The minimum Gasteiger partial charge on any atom is -0.420 e. The van der Waals surface area contributed by atoms with Crippen molar-refractivity contribution in [3.63, 3.8) is 0 Å². The molecule has 2 aromatic rings. The lowest BCUT2D eigenvalue weighted by molar-refractivity contribution is 0.536. The van der Waals surface area contributed by atoms with E-state index < -0.39 is 17.3 Å². The van der Waals surface area contributed by atoms with Crippen LogP contribution in [0, 0.1) is 11.6 Å². The van der Waals surface area contributed by atoms with Gasteiger partial charge in [0.2, 0.25) is 0 Å². The van der Waals surface area contributed by atoms with E-state index >= 15 is 0 Å². The number of aromatic nitrogens is 1. The van der Waals surface area contributed by atoms with Crippen molar-refractivity contribution in [3.8, 4) is 0 Å². The van der Waals surface area contributed by atoms with Crippen molar-refractivity contribution in [3.05, 3.63) is 40.4 Å². The highest BCUT2D eigenvalue weighted by Crippen LogP contribution is 2.14. The monoisotopic (exact) mass is 183 g/mol. The lowest BCUT2D eigenvalue weighted by atomic mass is 10.3. The zero-order valence-electron chi connectivity index (χ0n) is 6.25. The van der Waals surface area contributed by atoms with Crippen LogP contribution in [0.4, 0.5) is 8.78 Å². The molecule has 2 rings (SSSR count). The Morgan fingerprint density at radius 1 is 1.31 bits per heavy atom. The average Bonchev–Trinajstić information content (AvgIpc) is 2.02. The van der Waals surface area contributed by atoms with Crippen molar-refractivity contribution < 1.29 is 13.2 Å². The van der Waals surface area contributed by atoms with Gasteiger partial charge in [-0.25, -0.2) is 18.6 Å². The Morgan fingerprint density at radius 2 is 2.08 bits per heavy atom. The number of hydrogen-bond donors (Lipinski definition) is 0. The zero-order chi connectivity index (χ0) is 9.42. The van der Waals surface area contributed by atoms with Crippen LogP contribution >= 0.6 is 0 Å². The summed E-state index contributed by atoms with van der Waals surface area (Å²) in [5, 5.41) is 0. The fourth-order valence-corrected chi connectivity index (χ4v) is 0.997. The maximum atomic E-state index is 12.9. The van der Waals surface area contributed by atoms with Gasteiger partial charge in [0.05, 0.1) is 0 Å². The first kappa shape index (κ1) is 7.85. The molecule has 0 aliphatic heterocycles. The molecule has 1 heterocycles. The second-order valence-electron chi connectivity index (χ2n) is 2.41. The highest BCUT2D eigenvalue weighted by molar-refractivity contribution is 5.72. The SMILES string of the molecule is O=c1cnc2c(F)cc(F)cc2o1. The fraction of sp³-hybridized carbons (Fsp3) is 0. The lowest BCUT2D eigenvalue weighted by Crippen LogP contribution is -1.99. The van der Waals surface area contributed by atoms with Gasteiger partial charge in [-0.1, -0.05) is 0 Å². The molecule has 3 nitrogen and oxygen atoms in total. The van der Waals surface area contributed by atoms with Crippen LogP contribution in [0.2, 0.25) is 0 Å². The van der Waals surface area contributed by atoms with Crippen molar-refractivity contribution in [2.24, 2.45) is 0 Å². The molecule has 0 bridgehead atoms. The molecule has 13 heavy (non-hydrogen) atoms. The van der Waals surface area contributed by atoms with Gasteiger partial charge >= 0.3 is 5.63 Å². The van der Waals surface area contributed by atoms with Gasteiger partial charge in [0.1, 0.15) is 17.5 Å². The molecule has 0 fully saturated rings. The van der Waals surface area contributed by atoms with E-state index in [-0.39, 0.29) is 11.1 Å². The molecule has 66 valence electrons. The summed E-state index contributed by atoms with van der Waals surface area (Å²) >= 11 is 0. The minimum absolute atomic E-state index is 0.152. The molecule has 0 radical (unpaired) electrons. The van der Waals surface area contributed by atoms with Gasteiger partial charge in [0.25, 0.3) is 0 Å². The smallest absolute Gasteiger partial charge is 0.354 e. The maximum Gasteiger partial charge on any atom is 0.354 e. The molecule has 0 aliphatic carbocycles. The van der Waals surface area contributed by atoms with E-state index in [0.29, 0.717) is 6.07 Å². The normalized spacial score (nSPS) is 10.6. The second kappa shape index (κ2) is 2.62. The highest BCUT2D eigenvalue weighted by Gasteiger charge is 2.06. The Kier molecular flexibility index (Phi) is 1.58. The molecule has 0 atom stereocenters. The van der Waals surface area contributed by atoms with Crippen molar-refractivity contribution in [1.29, 1.82) is 0 Å². The second-order valence-corrected chi connectivity index (χ2v) is 2.41. The summed E-state index contributed by atoms with van der Waals surface area (Å²) in [7, 11) is 0. The summed E-state index contributed by atoms with van der Waals surface area (Å²) < 4.78 is 30.0. The van der Waals surface area contributed by atoms with E-state index in [1.165, 1.54) is 0 Å². The first-order valence-corrected chi connectivity index (χ1v) is 3.42. The van der Waals surface area contributed by atoms with Crippen LogP contribution in [0.15, 0.2) is 27.5 Å². The Hall–Kier alpha value is -1.78. The third-order valence-corrected chi connectivity index (χ3v) is 1.50. The Labute approximate surface area is 70.6 Å². The molecule has 0 aliphatic rings. The molecule has 0 unspecified atom stereocenters. The van der Waals surface area contributed by atoms with Crippen LogP contribution in [0.3, 0.4) is 0 Å². The van der Waals surface area contributed by atoms with Gasteiger partial charge in [-0.15, -0.1) is 0 Å². The first-order valence-electron chi connectivity index (χ1n) is 3.42. The molecule has 0 saturated carbocycles. The number of halogens is 2. The quantitative estimate of drug-likeness (QED) is 0.621. The Bertz CT molecular complexity index is 521. The van der Waals surface area contributed by atoms with Gasteiger partial charge in [0.15, 0.2) is 11.4 Å². The number of hydrogen-bond acceptors (Lipinski definition) is 3. The van der Waals surface area contributed by atoms with Crippen LogP contribution in [0.5, 0.6) is 0 Å². The van der Waals surface area contributed by atoms with Crippen LogP contribution in [-0.4, -0.2) is 4.98 Å². The number of rotatable bonds is 0. The average molecular weight is 183 g/mol. The summed E-state index contributed by atoms with van der Waals surface area (Å²) in [6.45, 7) is 0. The zero-order valence-corrected chi connectivity index (χ0v) is 6.25. The summed E-state index contributed by atoms with van der Waals surface area (Å²) in [4.78, 5) is 14.1. The number of nitrogens with zero attached hydrogens (tertiary/aromatic N) is 1.